The lowest BCUT2D eigenvalue weighted by Crippen LogP contribution is -2.24. The molecule has 23 heavy (non-hydrogen) atoms. The van der Waals surface area contributed by atoms with Gasteiger partial charge in [0.15, 0.2) is 0 Å². The van der Waals surface area contributed by atoms with E-state index in [2.05, 4.69) is 40.5 Å². The third kappa shape index (κ3) is 5.13. The molecule has 1 N–H and O–H groups in total. The quantitative estimate of drug-likeness (QED) is 0.825. The van der Waals surface area contributed by atoms with Crippen LogP contribution >= 0.6 is 0 Å². The number of rotatable bonds is 6. The van der Waals surface area contributed by atoms with Crippen molar-refractivity contribution in [3.05, 3.63) is 64.7 Å². The number of nitrogens with one attached hydrogen (secondary N) is 1. The van der Waals surface area contributed by atoms with Crippen LogP contribution in [0.25, 0.3) is 0 Å². The maximum atomic E-state index is 12.2. The molecule has 0 aliphatic rings. The lowest BCUT2D eigenvalue weighted by Gasteiger charge is -2.12. The van der Waals surface area contributed by atoms with Crippen LogP contribution < -0.4 is 10.2 Å². The summed E-state index contributed by atoms with van der Waals surface area (Å²) in [4.78, 5) is 14.3. The summed E-state index contributed by atoms with van der Waals surface area (Å²) in [5, 5.41) is 3.01. The van der Waals surface area contributed by atoms with Crippen LogP contribution in [0.3, 0.4) is 0 Å². The van der Waals surface area contributed by atoms with Crippen molar-refractivity contribution in [3.8, 4) is 0 Å². The molecule has 0 fully saturated rings. The summed E-state index contributed by atoms with van der Waals surface area (Å²) < 4.78 is 0. The highest BCUT2D eigenvalue weighted by molar-refractivity contribution is 5.94. The predicted molar refractivity (Wildman–Crippen MR) is 97.3 cm³/mol. The molecular weight excluding hydrogens is 284 g/mol. The van der Waals surface area contributed by atoms with Gasteiger partial charge in [0.1, 0.15) is 0 Å². The van der Waals surface area contributed by atoms with E-state index in [0.717, 1.165) is 29.5 Å². The highest BCUT2D eigenvalue weighted by atomic mass is 16.1. The van der Waals surface area contributed by atoms with Crippen LogP contribution in [0, 0.1) is 13.8 Å². The van der Waals surface area contributed by atoms with Gasteiger partial charge in [-0.1, -0.05) is 29.3 Å². The molecular formula is C20H26N2O. The zero-order valence-corrected chi connectivity index (χ0v) is 14.5. The number of anilines is 1. The van der Waals surface area contributed by atoms with Crippen LogP contribution in [0.1, 0.15) is 33.5 Å². The van der Waals surface area contributed by atoms with Crippen molar-refractivity contribution < 1.29 is 4.79 Å². The van der Waals surface area contributed by atoms with Gasteiger partial charge >= 0.3 is 0 Å². The fourth-order valence-electron chi connectivity index (χ4n) is 2.66. The Hall–Kier alpha value is -2.29. The molecule has 3 heteroatoms. The molecule has 0 bridgehead atoms. The summed E-state index contributed by atoms with van der Waals surface area (Å²) in [5.41, 5.74) is 5.50. The smallest absolute Gasteiger partial charge is 0.251 e. The Morgan fingerprint density at radius 1 is 1.00 bits per heavy atom. The van der Waals surface area contributed by atoms with Gasteiger partial charge in [0, 0.05) is 31.9 Å². The van der Waals surface area contributed by atoms with Gasteiger partial charge in [-0.05, 0) is 56.5 Å². The standard InChI is InChI=1S/C20H26N2O/c1-15-12-16(2)14-18(13-15)20(23)21-11-5-6-17-7-9-19(10-8-17)22(3)4/h7-10,12-14H,5-6,11H2,1-4H3,(H,21,23). The van der Waals surface area contributed by atoms with Crippen molar-refractivity contribution in [2.45, 2.75) is 26.7 Å². The monoisotopic (exact) mass is 310 g/mol. The molecule has 122 valence electrons. The van der Waals surface area contributed by atoms with E-state index in [-0.39, 0.29) is 5.91 Å². The number of aryl methyl sites for hydroxylation is 3. The molecule has 2 aromatic rings. The minimum atomic E-state index is 0.0137. The largest absolute Gasteiger partial charge is 0.378 e. The Bertz CT molecular complexity index is 640. The number of nitrogens with zero attached hydrogens (tertiary/aromatic N) is 1. The third-order valence-corrected chi connectivity index (χ3v) is 3.86. The highest BCUT2D eigenvalue weighted by Crippen LogP contribution is 2.13. The van der Waals surface area contributed by atoms with Gasteiger partial charge in [-0.25, -0.2) is 0 Å². The summed E-state index contributed by atoms with van der Waals surface area (Å²) in [6, 6.07) is 14.5. The SMILES string of the molecule is Cc1cc(C)cc(C(=O)NCCCc2ccc(N(C)C)cc2)c1. The highest BCUT2D eigenvalue weighted by Gasteiger charge is 2.06. The lowest BCUT2D eigenvalue weighted by molar-refractivity contribution is 0.0953. The molecule has 0 unspecified atom stereocenters. The van der Waals surface area contributed by atoms with Crippen LogP contribution in [0.5, 0.6) is 0 Å². The third-order valence-electron chi connectivity index (χ3n) is 3.86. The Morgan fingerprint density at radius 2 is 1.61 bits per heavy atom. The normalized spacial score (nSPS) is 10.4. The van der Waals surface area contributed by atoms with E-state index in [9.17, 15) is 4.79 Å². The summed E-state index contributed by atoms with van der Waals surface area (Å²) in [5.74, 6) is 0.0137. The minimum absolute atomic E-state index is 0.0137. The number of hydrogen-bond donors (Lipinski definition) is 1. The topological polar surface area (TPSA) is 32.3 Å². The average molecular weight is 310 g/mol. The molecule has 0 atom stereocenters. The van der Waals surface area contributed by atoms with Crippen molar-refractivity contribution in [1.82, 2.24) is 5.32 Å². The van der Waals surface area contributed by atoms with E-state index in [1.165, 1.54) is 11.3 Å². The molecule has 0 aliphatic heterocycles. The van der Waals surface area contributed by atoms with Crippen LogP contribution in [0.2, 0.25) is 0 Å². The van der Waals surface area contributed by atoms with Gasteiger partial charge in [-0.15, -0.1) is 0 Å². The zero-order valence-electron chi connectivity index (χ0n) is 14.5. The van der Waals surface area contributed by atoms with Gasteiger partial charge in [0.2, 0.25) is 0 Å². The fourth-order valence-corrected chi connectivity index (χ4v) is 2.66. The summed E-state index contributed by atoms with van der Waals surface area (Å²) in [6.07, 6.45) is 1.92. The molecule has 2 rings (SSSR count). The number of benzene rings is 2. The van der Waals surface area contributed by atoms with E-state index in [1.54, 1.807) is 0 Å². The van der Waals surface area contributed by atoms with Crippen LogP contribution in [0.4, 0.5) is 5.69 Å². The second kappa shape index (κ2) is 7.82. The first-order chi connectivity index (χ1) is 11.0. The number of carbonyl (C=O) groups excluding carboxylic acids is 1. The van der Waals surface area contributed by atoms with E-state index < -0.39 is 0 Å². The maximum Gasteiger partial charge on any atom is 0.251 e. The molecule has 0 saturated heterocycles. The molecule has 0 radical (unpaired) electrons. The lowest BCUT2D eigenvalue weighted by atomic mass is 10.1. The minimum Gasteiger partial charge on any atom is -0.378 e. The average Bonchev–Trinajstić information content (AvgIpc) is 2.50. The van der Waals surface area contributed by atoms with Crippen LogP contribution in [0.15, 0.2) is 42.5 Å². The first-order valence-electron chi connectivity index (χ1n) is 8.08. The Balaban J connectivity index is 1.79. The molecule has 0 spiro atoms. The van der Waals surface area contributed by atoms with E-state index in [1.807, 2.05) is 40.1 Å². The second-order valence-electron chi connectivity index (χ2n) is 6.30. The van der Waals surface area contributed by atoms with Crippen molar-refractivity contribution in [1.29, 1.82) is 0 Å². The van der Waals surface area contributed by atoms with Crippen molar-refractivity contribution >= 4 is 11.6 Å². The van der Waals surface area contributed by atoms with Crippen molar-refractivity contribution in [2.24, 2.45) is 0 Å². The number of carbonyl (C=O) groups is 1. The van der Waals surface area contributed by atoms with Gasteiger partial charge < -0.3 is 10.2 Å². The van der Waals surface area contributed by atoms with Gasteiger partial charge in [-0.2, -0.15) is 0 Å². The fraction of sp³-hybridized carbons (Fsp3) is 0.350. The first-order valence-corrected chi connectivity index (χ1v) is 8.08. The molecule has 1 amide bonds. The molecule has 0 aliphatic carbocycles. The molecule has 0 saturated carbocycles. The van der Waals surface area contributed by atoms with E-state index >= 15 is 0 Å². The maximum absolute atomic E-state index is 12.2. The first kappa shape index (κ1) is 17.1. The van der Waals surface area contributed by atoms with Crippen molar-refractivity contribution in [3.63, 3.8) is 0 Å². The van der Waals surface area contributed by atoms with Crippen LogP contribution in [-0.2, 0) is 6.42 Å². The van der Waals surface area contributed by atoms with Crippen LogP contribution in [-0.4, -0.2) is 26.5 Å². The molecule has 3 nitrogen and oxygen atoms in total. The molecule has 0 aromatic heterocycles. The molecule has 2 aromatic carbocycles. The molecule has 0 heterocycles. The number of hydrogen-bond acceptors (Lipinski definition) is 2. The zero-order chi connectivity index (χ0) is 16.8. The Morgan fingerprint density at radius 3 is 2.17 bits per heavy atom. The summed E-state index contributed by atoms with van der Waals surface area (Å²) in [7, 11) is 4.08. The number of amides is 1. The van der Waals surface area contributed by atoms with Gasteiger partial charge in [0.05, 0.1) is 0 Å². The predicted octanol–water partition coefficient (Wildman–Crippen LogP) is 3.73. The van der Waals surface area contributed by atoms with Gasteiger partial charge in [-0.3, -0.25) is 4.79 Å². The van der Waals surface area contributed by atoms with Gasteiger partial charge in [0.25, 0.3) is 5.91 Å². The Labute approximate surface area is 139 Å². The van der Waals surface area contributed by atoms with E-state index in [4.69, 9.17) is 0 Å². The Kier molecular flexibility index (Phi) is 5.80. The van der Waals surface area contributed by atoms with E-state index in [0.29, 0.717) is 6.54 Å². The second-order valence-corrected chi connectivity index (χ2v) is 6.30. The van der Waals surface area contributed by atoms with Crippen molar-refractivity contribution in [2.75, 3.05) is 25.5 Å². The summed E-state index contributed by atoms with van der Waals surface area (Å²) in [6.45, 7) is 4.73. The summed E-state index contributed by atoms with van der Waals surface area (Å²) >= 11 is 0.